The molecule has 1 aromatic heterocycles. The van der Waals surface area contributed by atoms with E-state index >= 15 is 0 Å². The number of rotatable bonds is 6. The highest BCUT2D eigenvalue weighted by Gasteiger charge is 2.12. The Kier molecular flexibility index (Phi) is 5.16. The summed E-state index contributed by atoms with van der Waals surface area (Å²) in [5, 5.41) is 2.59. The van der Waals surface area contributed by atoms with E-state index in [1.165, 1.54) is 4.57 Å². The molecule has 106 valence electrons. The van der Waals surface area contributed by atoms with Crippen molar-refractivity contribution in [2.45, 2.75) is 26.8 Å². The normalized spacial score (nSPS) is 10.2. The van der Waals surface area contributed by atoms with Crippen LogP contribution in [0, 0.1) is 0 Å². The van der Waals surface area contributed by atoms with Gasteiger partial charge >= 0.3 is 11.7 Å². The average Bonchev–Trinajstić information content (AvgIpc) is 2.34. The van der Waals surface area contributed by atoms with Gasteiger partial charge in [-0.1, -0.05) is 6.92 Å². The Hall–Kier alpha value is -2.25. The third-order valence-electron chi connectivity index (χ3n) is 2.40. The summed E-state index contributed by atoms with van der Waals surface area (Å²) < 4.78 is 5.97. The largest absolute Gasteiger partial charge is 0.465 e. The molecule has 0 bridgehead atoms. The number of aromatic amines is 1. The van der Waals surface area contributed by atoms with E-state index in [1.807, 2.05) is 6.92 Å². The molecule has 0 saturated carbocycles. The van der Waals surface area contributed by atoms with E-state index in [0.29, 0.717) is 13.0 Å². The Morgan fingerprint density at radius 3 is 2.68 bits per heavy atom. The molecule has 0 fully saturated rings. The topological polar surface area (TPSA) is 119 Å². The number of carbonyl (C=O) groups excluding carboxylic acids is 1. The van der Waals surface area contributed by atoms with Crippen LogP contribution >= 0.6 is 0 Å². The lowest BCUT2D eigenvalue weighted by Gasteiger charge is -2.12. The number of hydrogen-bond acceptors (Lipinski definition) is 6. The second-order valence-electron chi connectivity index (χ2n) is 3.83. The first-order valence-electron chi connectivity index (χ1n) is 6.03. The van der Waals surface area contributed by atoms with E-state index < -0.39 is 17.2 Å². The van der Waals surface area contributed by atoms with Gasteiger partial charge in [0.25, 0.3) is 5.56 Å². The van der Waals surface area contributed by atoms with Crippen LogP contribution in [0.4, 0.5) is 11.5 Å². The number of nitrogen functional groups attached to an aromatic ring is 1. The number of anilines is 2. The van der Waals surface area contributed by atoms with Crippen molar-refractivity contribution in [3.63, 3.8) is 0 Å². The molecular formula is C11H18N4O4. The van der Waals surface area contributed by atoms with Crippen molar-refractivity contribution in [2.75, 3.05) is 24.2 Å². The van der Waals surface area contributed by atoms with Gasteiger partial charge in [-0.15, -0.1) is 0 Å². The molecule has 0 atom stereocenters. The summed E-state index contributed by atoms with van der Waals surface area (Å²) in [6.45, 7) is 4.01. The van der Waals surface area contributed by atoms with Crippen molar-refractivity contribution < 1.29 is 9.53 Å². The number of esters is 1. The number of ether oxygens (including phenoxy) is 1. The van der Waals surface area contributed by atoms with Crippen LogP contribution in [0.5, 0.6) is 0 Å². The fourth-order valence-corrected chi connectivity index (χ4v) is 1.58. The first-order valence-corrected chi connectivity index (χ1v) is 6.03. The van der Waals surface area contributed by atoms with Crippen LogP contribution in [0.25, 0.3) is 0 Å². The molecule has 0 radical (unpaired) electrons. The maximum absolute atomic E-state index is 11.6. The lowest BCUT2D eigenvalue weighted by Crippen LogP contribution is -2.35. The average molecular weight is 270 g/mol. The summed E-state index contributed by atoms with van der Waals surface area (Å²) in [6.07, 6.45) is 0.688. The third kappa shape index (κ3) is 3.60. The molecule has 1 heterocycles. The van der Waals surface area contributed by atoms with E-state index in [2.05, 4.69) is 10.3 Å². The van der Waals surface area contributed by atoms with Gasteiger partial charge in [-0.3, -0.25) is 19.1 Å². The molecule has 0 unspecified atom stereocenters. The zero-order chi connectivity index (χ0) is 14.4. The highest BCUT2D eigenvalue weighted by Crippen LogP contribution is 2.09. The summed E-state index contributed by atoms with van der Waals surface area (Å²) >= 11 is 0. The fourth-order valence-electron chi connectivity index (χ4n) is 1.58. The molecular weight excluding hydrogens is 252 g/mol. The van der Waals surface area contributed by atoms with Crippen molar-refractivity contribution in [1.82, 2.24) is 9.55 Å². The number of carbonyl (C=O) groups is 1. The van der Waals surface area contributed by atoms with Crippen LogP contribution in [-0.4, -0.2) is 28.7 Å². The van der Waals surface area contributed by atoms with E-state index in [-0.39, 0.29) is 24.7 Å². The minimum Gasteiger partial charge on any atom is -0.465 e. The van der Waals surface area contributed by atoms with Gasteiger partial charge in [0.1, 0.15) is 18.1 Å². The molecule has 1 rings (SSSR count). The molecule has 8 heteroatoms. The van der Waals surface area contributed by atoms with Crippen LogP contribution in [0.3, 0.4) is 0 Å². The summed E-state index contributed by atoms with van der Waals surface area (Å²) in [7, 11) is 0. The summed E-state index contributed by atoms with van der Waals surface area (Å²) in [6, 6.07) is 0. The van der Waals surface area contributed by atoms with Crippen molar-refractivity contribution in [1.29, 1.82) is 0 Å². The Morgan fingerprint density at radius 2 is 2.11 bits per heavy atom. The number of hydrogen-bond donors (Lipinski definition) is 3. The first-order chi connectivity index (χ1) is 9.01. The van der Waals surface area contributed by atoms with Crippen LogP contribution in [0.15, 0.2) is 9.59 Å². The maximum Gasteiger partial charge on any atom is 0.330 e. The van der Waals surface area contributed by atoms with Crippen molar-refractivity contribution >= 4 is 17.5 Å². The van der Waals surface area contributed by atoms with Gasteiger partial charge in [-0.25, -0.2) is 4.79 Å². The minimum absolute atomic E-state index is 0.00102. The van der Waals surface area contributed by atoms with E-state index in [9.17, 15) is 14.4 Å². The van der Waals surface area contributed by atoms with Crippen molar-refractivity contribution in [3.05, 3.63) is 20.8 Å². The smallest absolute Gasteiger partial charge is 0.330 e. The lowest BCUT2D eigenvalue weighted by atomic mass is 10.4. The zero-order valence-electron chi connectivity index (χ0n) is 11.0. The lowest BCUT2D eigenvalue weighted by molar-refractivity contribution is -0.140. The van der Waals surface area contributed by atoms with Gasteiger partial charge in [0, 0.05) is 6.54 Å². The van der Waals surface area contributed by atoms with Gasteiger partial charge in [0.15, 0.2) is 0 Å². The summed E-state index contributed by atoms with van der Waals surface area (Å²) in [5.74, 6) is -0.491. The maximum atomic E-state index is 11.6. The second-order valence-corrected chi connectivity index (χ2v) is 3.83. The van der Waals surface area contributed by atoms with E-state index in [0.717, 1.165) is 0 Å². The predicted octanol–water partition coefficient (Wildman–Crippen LogP) is -0.496. The number of aromatic nitrogens is 2. The molecule has 0 aliphatic carbocycles. The van der Waals surface area contributed by atoms with Crippen LogP contribution in [0.2, 0.25) is 0 Å². The number of nitrogens with zero attached hydrogens (tertiary/aromatic N) is 1. The fraction of sp³-hybridized carbons (Fsp3) is 0.545. The van der Waals surface area contributed by atoms with Crippen LogP contribution < -0.4 is 22.3 Å². The number of nitrogens with one attached hydrogen (secondary N) is 2. The van der Waals surface area contributed by atoms with Crippen LogP contribution in [-0.2, 0) is 16.1 Å². The standard InChI is InChI=1S/C11H18N4O4/c1-3-5-15-9(12)8(10(17)14-11(15)18)13-6-7(16)19-4-2/h13H,3-6,12H2,1-2H3,(H,14,17,18). The zero-order valence-corrected chi connectivity index (χ0v) is 11.0. The Morgan fingerprint density at radius 1 is 1.42 bits per heavy atom. The molecule has 0 amide bonds. The van der Waals surface area contributed by atoms with Gasteiger partial charge in [0.2, 0.25) is 0 Å². The molecule has 0 saturated heterocycles. The quantitative estimate of drug-likeness (QED) is 0.600. The van der Waals surface area contributed by atoms with Crippen molar-refractivity contribution in [2.24, 2.45) is 0 Å². The van der Waals surface area contributed by atoms with E-state index in [4.69, 9.17) is 10.5 Å². The van der Waals surface area contributed by atoms with Crippen LogP contribution in [0.1, 0.15) is 20.3 Å². The summed E-state index contributed by atoms with van der Waals surface area (Å²) in [5.41, 5.74) is 4.54. The molecule has 19 heavy (non-hydrogen) atoms. The summed E-state index contributed by atoms with van der Waals surface area (Å²) in [4.78, 5) is 36.5. The second kappa shape index (κ2) is 6.62. The molecule has 0 aliphatic rings. The first kappa shape index (κ1) is 14.8. The highest BCUT2D eigenvalue weighted by molar-refractivity contribution is 5.76. The molecule has 1 aromatic rings. The van der Waals surface area contributed by atoms with Crippen molar-refractivity contribution in [3.8, 4) is 0 Å². The Labute approximate surface area is 109 Å². The van der Waals surface area contributed by atoms with Gasteiger partial charge in [-0.2, -0.15) is 0 Å². The predicted molar refractivity (Wildman–Crippen MR) is 71.1 cm³/mol. The molecule has 4 N–H and O–H groups in total. The van der Waals surface area contributed by atoms with Gasteiger partial charge in [0.05, 0.1) is 6.61 Å². The highest BCUT2D eigenvalue weighted by atomic mass is 16.5. The Bertz CT molecular complexity index is 561. The number of H-pyrrole nitrogens is 1. The Balaban J connectivity index is 3.01. The molecule has 8 nitrogen and oxygen atoms in total. The SMILES string of the molecule is CCCn1c(N)c(NCC(=O)OCC)c(=O)[nH]c1=O. The molecule has 0 aromatic carbocycles. The molecule has 0 aliphatic heterocycles. The van der Waals surface area contributed by atoms with Gasteiger partial charge < -0.3 is 15.8 Å². The molecule has 0 spiro atoms. The minimum atomic E-state index is -0.654. The van der Waals surface area contributed by atoms with E-state index in [1.54, 1.807) is 6.92 Å². The third-order valence-corrected chi connectivity index (χ3v) is 2.40. The monoisotopic (exact) mass is 270 g/mol. The van der Waals surface area contributed by atoms with Gasteiger partial charge in [-0.05, 0) is 13.3 Å². The number of nitrogens with two attached hydrogens (primary N) is 1.